The third-order valence-corrected chi connectivity index (χ3v) is 3.04. The van der Waals surface area contributed by atoms with E-state index in [4.69, 9.17) is 0 Å². The van der Waals surface area contributed by atoms with Crippen LogP contribution >= 0.6 is 0 Å². The Morgan fingerprint density at radius 2 is 2.41 bits per heavy atom. The van der Waals surface area contributed by atoms with E-state index in [0.29, 0.717) is 0 Å². The van der Waals surface area contributed by atoms with Gasteiger partial charge in [-0.15, -0.1) is 0 Å². The molecule has 94 valence electrons. The van der Waals surface area contributed by atoms with Crippen LogP contribution in [0.5, 0.6) is 0 Å². The highest BCUT2D eigenvalue weighted by molar-refractivity contribution is 5.94. The van der Waals surface area contributed by atoms with Crippen molar-refractivity contribution in [2.75, 3.05) is 11.9 Å². The van der Waals surface area contributed by atoms with E-state index in [1.54, 1.807) is 6.20 Å². The Hall–Kier alpha value is -1.36. The first kappa shape index (κ1) is 12.1. The average molecular weight is 236 g/mol. The highest BCUT2D eigenvalue weighted by Crippen LogP contribution is 2.15. The molecule has 5 nitrogen and oxygen atoms in total. The summed E-state index contributed by atoms with van der Waals surface area (Å²) < 4.78 is 1.82. The van der Waals surface area contributed by atoms with E-state index >= 15 is 0 Å². The smallest absolute Gasteiger partial charge is 0.242 e. The van der Waals surface area contributed by atoms with Crippen LogP contribution in [-0.2, 0) is 4.79 Å². The SMILES string of the molecule is CC(C)n1nccc1NC(=O)C1CCCCN1. The molecule has 17 heavy (non-hydrogen) atoms. The van der Waals surface area contributed by atoms with Crippen LogP contribution in [0, 0.1) is 0 Å². The largest absolute Gasteiger partial charge is 0.310 e. The molecule has 1 aromatic heterocycles. The molecule has 0 radical (unpaired) electrons. The summed E-state index contributed by atoms with van der Waals surface area (Å²) in [5.74, 6) is 0.824. The number of hydrogen-bond donors (Lipinski definition) is 2. The summed E-state index contributed by atoms with van der Waals surface area (Å²) in [7, 11) is 0. The maximum absolute atomic E-state index is 12.0. The number of aromatic nitrogens is 2. The predicted octanol–water partition coefficient (Wildman–Crippen LogP) is 1.54. The Morgan fingerprint density at radius 3 is 3.06 bits per heavy atom. The number of nitrogens with zero attached hydrogens (tertiary/aromatic N) is 2. The number of hydrogen-bond acceptors (Lipinski definition) is 3. The topological polar surface area (TPSA) is 59.0 Å². The van der Waals surface area contributed by atoms with Gasteiger partial charge in [-0.25, -0.2) is 4.68 Å². The summed E-state index contributed by atoms with van der Waals surface area (Å²) in [5.41, 5.74) is 0. The van der Waals surface area contributed by atoms with E-state index in [0.717, 1.165) is 31.6 Å². The lowest BCUT2D eigenvalue weighted by molar-refractivity contribution is -0.118. The second-order valence-electron chi connectivity index (χ2n) is 4.75. The Balaban J connectivity index is 1.99. The lowest BCUT2D eigenvalue weighted by atomic mass is 10.0. The summed E-state index contributed by atoms with van der Waals surface area (Å²) >= 11 is 0. The summed E-state index contributed by atoms with van der Waals surface area (Å²) in [4.78, 5) is 12.0. The van der Waals surface area contributed by atoms with E-state index in [1.807, 2.05) is 24.6 Å². The minimum atomic E-state index is -0.0562. The van der Waals surface area contributed by atoms with Gasteiger partial charge < -0.3 is 10.6 Å². The van der Waals surface area contributed by atoms with Gasteiger partial charge in [0.2, 0.25) is 5.91 Å². The highest BCUT2D eigenvalue weighted by atomic mass is 16.2. The summed E-state index contributed by atoms with van der Waals surface area (Å²) in [5, 5.41) is 10.4. The van der Waals surface area contributed by atoms with Crippen molar-refractivity contribution in [1.29, 1.82) is 0 Å². The second-order valence-corrected chi connectivity index (χ2v) is 4.75. The van der Waals surface area contributed by atoms with Crippen LogP contribution in [0.2, 0.25) is 0 Å². The first-order valence-electron chi connectivity index (χ1n) is 6.26. The number of rotatable bonds is 3. The Bertz CT molecular complexity index is 380. The maximum Gasteiger partial charge on any atom is 0.242 e. The number of carbonyl (C=O) groups excluding carboxylic acids is 1. The zero-order valence-electron chi connectivity index (χ0n) is 10.4. The van der Waals surface area contributed by atoms with Gasteiger partial charge in [-0.05, 0) is 33.2 Å². The fraction of sp³-hybridized carbons (Fsp3) is 0.667. The average Bonchev–Trinajstić information content (AvgIpc) is 2.78. The van der Waals surface area contributed by atoms with Crippen molar-refractivity contribution in [3.05, 3.63) is 12.3 Å². The molecule has 1 aromatic rings. The molecule has 1 fully saturated rings. The van der Waals surface area contributed by atoms with Crippen LogP contribution in [0.15, 0.2) is 12.3 Å². The van der Waals surface area contributed by atoms with Gasteiger partial charge in [-0.1, -0.05) is 6.42 Å². The van der Waals surface area contributed by atoms with Gasteiger partial charge in [0, 0.05) is 12.1 Å². The Kier molecular flexibility index (Phi) is 3.78. The van der Waals surface area contributed by atoms with Crippen molar-refractivity contribution in [2.24, 2.45) is 0 Å². The molecule has 2 rings (SSSR count). The molecule has 1 aliphatic rings. The summed E-state index contributed by atoms with van der Waals surface area (Å²) in [6.07, 6.45) is 4.91. The summed E-state index contributed by atoms with van der Waals surface area (Å²) in [6, 6.07) is 2.03. The van der Waals surface area contributed by atoms with Crippen molar-refractivity contribution in [1.82, 2.24) is 15.1 Å². The molecule has 0 aromatic carbocycles. The van der Waals surface area contributed by atoms with Crippen molar-refractivity contribution < 1.29 is 4.79 Å². The van der Waals surface area contributed by atoms with Crippen molar-refractivity contribution in [2.45, 2.75) is 45.2 Å². The molecule has 0 saturated carbocycles. The predicted molar refractivity (Wildman–Crippen MR) is 66.9 cm³/mol. The van der Waals surface area contributed by atoms with Crippen molar-refractivity contribution in [3.63, 3.8) is 0 Å². The van der Waals surface area contributed by atoms with E-state index < -0.39 is 0 Å². The van der Waals surface area contributed by atoms with Gasteiger partial charge in [-0.2, -0.15) is 5.10 Å². The lowest BCUT2D eigenvalue weighted by Crippen LogP contribution is -2.43. The van der Waals surface area contributed by atoms with E-state index in [2.05, 4.69) is 15.7 Å². The van der Waals surface area contributed by atoms with Crippen LogP contribution in [0.1, 0.15) is 39.2 Å². The fourth-order valence-corrected chi connectivity index (χ4v) is 2.11. The van der Waals surface area contributed by atoms with Crippen LogP contribution in [0.4, 0.5) is 5.82 Å². The molecule has 0 aliphatic carbocycles. The molecule has 1 saturated heterocycles. The zero-order valence-corrected chi connectivity index (χ0v) is 10.4. The van der Waals surface area contributed by atoms with E-state index in [9.17, 15) is 4.79 Å². The molecule has 0 spiro atoms. The third kappa shape index (κ3) is 2.85. The molecule has 1 atom stereocenters. The normalized spacial score (nSPS) is 20.5. The van der Waals surface area contributed by atoms with Crippen LogP contribution in [0.25, 0.3) is 0 Å². The molecule has 1 unspecified atom stereocenters. The number of piperidine rings is 1. The standard InChI is InChI=1S/C12H20N4O/c1-9(2)16-11(6-8-14-16)15-12(17)10-5-3-4-7-13-10/h6,8-10,13H,3-5,7H2,1-2H3,(H,15,17). The van der Waals surface area contributed by atoms with Crippen LogP contribution in [0.3, 0.4) is 0 Å². The molecule has 1 aliphatic heterocycles. The molecule has 5 heteroatoms. The molecule has 2 heterocycles. The van der Waals surface area contributed by atoms with E-state index in [1.165, 1.54) is 0 Å². The lowest BCUT2D eigenvalue weighted by Gasteiger charge is -2.23. The molecule has 1 amide bonds. The van der Waals surface area contributed by atoms with Crippen molar-refractivity contribution >= 4 is 11.7 Å². The van der Waals surface area contributed by atoms with Gasteiger partial charge in [-0.3, -0.25) is 4.79 Å². The molecule has 2 N–H and O–H groups in total. The number of amides is 1. The van der Waals surface area contributed by atoms with Gasteiger partial charge in [0.25, 0.3) is 0 Å². The first-order chi connectivity index (χ1) is 8.18. The molecular weight excluding hydrogens is 216 g/mol. The number of anilines is 1. The van der Waals surface area contributed by atoms with E-state index in [-0.39, 0.29) is 18.0 Å². The minimum absolute atomic E-state index is 0.0482. The first-order valence-corrected chi connectivity index (χ1v) is 6.26. The van der Waals surface area contributed by atoms with Gasteiger partial charge in [0.1, 0.15) is 5.82 Å². The maximum atomic E-state index is 12.0. The third-order valence-electron chi connectivity index (χ3n) is 3.04. The number of carbonyl (C=O) groups is 1. The fourth-order valence-electron chi connectivity index (χ4n) is 2.11. The van der Waals surface area contributed by atoms with Crippen molar-refractivity contribution in [3.8, 4) is 0 Å². The number of nitrogens with one attached hydrogen (secondary N) is 2. The van der Waals surface area contributed by atoms with Gasteiger partial charge in [0.05, 0.1) is 12.2 Å². The quantitative estimate of drug-likeness (QED) is 0.837. The monoisotopic (exact) mass is 236 g/mol. The molecule has 0 bridgehead atoms. The van der Waals surface area contributed by atoms with Gasteiger partial charge in [0.15, 0.2) is 0 Å². The Morgan fingerprint density at radius 1 is 1.59 bits per heavy atom. The molecular formula is C12H20N4O. The Labute approximate surface area is 102 Å². The minimum Gasteiger partial charge on any atom is -0.310 e. The summed E-state index contributed by atoms with van der Waals surface area (Å²) in [6.45, 7) is 5.02. The van der Waals surface area contributed by atoms with Crippen LogP contribution in [-0.4, -0.2) is 28.3 Å². The van der Waals surface area contributed by atoms with Gasteiger partial charge >= 0.3 is 0 Å². The van der Waals surface area contributed by atoms with Crippen LogP contribution < -0.4 is 10.6 Å². The highest BCUT2D eigenvalue weighted by Gasteiger charge is 2.21. The second kappa shape index (κ2) is 5.31. The zero-order chi connectivity index (χ0) is 12.3.